The third kappa shape index (κ3) is 4.66. The molecule has 0 fully saturated rings. The fourth-order valence-electron chi connectivity index (χ4n) is 11.5. The molecule has 4 aromatic heterocycles. The van der Waals surface area contributed by atoms with Crippen LogP contribution in [0.5, 0.6) is 0 Å². The molecule has 12 aromatic rings. The Morgan fingerprint density at radius 1 is 0.484 bits per heavy atom. The molecular weight excluding hydrogens is 785 g/mol. The second-order valence-corrected chi connectivity index (χ2v) is 17.6. The van der Waals surface area contributed by atoms with E-state index in [1.54, 1.807) is 0 Å². The normalized spacial score (nSPS) is 16.2. The molecule has 0 amide bonds. The zero-order valence-electron chi connectivity index (χ0n) is 34.6. The SMILES string of the molecule is C1=CCC2C(=C1)C(C1=CCCc3c1oc1c3ccc3oc4ccccc4c31)=c1ccc(-c3cccc4ccccc34)cc1=C2c1ccc2oc3c(ccc4c5ccccc5oc43)c2c1. The summed E-state index contributed by atoms with van der Waals surface area (Å²) < 4.78 is 26.7. The lowest BCUT2D eigenvalue weighted by Crippen LogP contribution is -2.38. The van der Waals surface area contributed by atoms with Crippen LogP contribution in [0.4, 0.5) is 0 Å². The lowest BCUT2D eigenvalue weighted by molar-refractivity contribution is 0.594. The quantitative estimate of drug-likeness (QED) is 0.178. The predicted octanol–water partition coefficient (Wildman–Crippen LogP) is 14.8. The van der Waals surface area contributed by atoms with Gasteiger partial charge in [0.15, 0.2) is 11.2 Å². The van der Waals surface area contributed by atoms with Crippen molar-refractivity contribution in [2.75, 3.05) is 0 Å². The Kier molecular flexibility index (Phi) is 6.87. The van der Waals surface area contributed by atoms with E-state index in [1.807, 2.05) is 24.3 Å². The maximum atomic E-state index is 7.19. The van der Waals surface area contributed by atoms with Gasteiger partial charge >= 0.3 is 0 Å². The van der Waals surface area contributed by atoms with E-state index in [2.05, 4.69) is 152 Å². The summed E-state index contributed by atoms with van der Waals surface area (Å²) in [7, 11) is 0. The Morgan fingerprint density at radius 2 is 1.20 bits per heavy atom. The van der Waals surface area contributed by atoms with Crippen LogP contribution in [0.2, 0.25) is 0 Å². The molecule has 300 valence electrons. The smallest absolute Gasteiger partial charge is 0.178 e. The highest BCUT2D eigenvalue weighted by Crippen LogP contribution is 2.49. The summed E-state index contributed by atoms with van der Waals surface area (Å²) in [6, 6.07) is 54.5. The molecule has 15 rings (SSSR count). The minimum absolute atomic E-state index is 0.105. The highest BCUT2D eigenvalue weighted by Gasteiger charge is 2.34. The Bertz CT molecular complexity index is 4280. The Labute approximate surface area is 365 Å². The van der Waals surface area contributed by atoms with Crippen LogP contribution < -0.4 is 10.4 Å². The van der Waals surface area contributed by atoms with E-state index in [-0.39, 0.29) is 5.92 Å². The van der Waals surface area contributed by atoms with Crippen molar-refractivity contribution in [3.8, 4) is 11.1 Å². The molecule has 1 atom stereocenters. The molecule has 0 saturated carbocycles. The molecule has 3 aliphatic carbocycles. The predicted molar refractivity (Wildman–Crippen MR) is 261 cm³/mol. The Morgan fingerprint density at radius 3 is 2.09 bits per heavy atom. The molecule has 64 heavy (non-hydrogen) atoms. The molecule has 0 radical (unpaired) electrons. The fourth-order valence-corrected chi connectivity index (χ4v) is 11.5. The van der Waals surface area contributed by atoms with Gasteiger partial charge in [-0.2, -0.15) is 0 Å². The topological polar surface area (TPSA) is 52.6 Å². The van der Waals surface area contributed by atoms with Crippen LogP contribution in [0.15, 0.2) is 199 Å². The number of para-hydroxylation sites is 2. The van der Waals surface area contributed by atoms with Gasteiger partial charge in [0, 0.05) is 49.4 Å². The van der Waals surface area contributed by atoms with Crippen molar-refractivity contribution in [3.63, 3.8) is 0 Å². The maximum Gasteiger partial charge on any atom is 0.178 e. The van der Waals surface area contributed by atoms with Gasteiger partial charge in [0.25, 0.3) is 0 Å². The van der Waals surface area contributed by atoms with Crippen LogP contribution in [0.1, 0.15) is 29.7 Å². The number of hydrogen-bond donors (Lipinski definition) is 0. The number of aryl methyl sites for hydroxylation is 1. The van der Waals surface area contributed by atoms with Gasteiger partial charge < -0.3 is 17.7 Å². The molecule has 0 N–H and O–H groups in total. The molecule has 0 saturated heterocycles. The molecular formula is C60H36O4. The average molecular weight is 821 g/mol. The Hall–Kier alpha value is -8.08. The van der Waals surface area contributed by atoms with Crippen molar-refractivity contribution in [2.45, 2.75) is 19.3 Å². The molecule has 0 bridgehead atoms. The zero-order chi connectivity index (χ0) is 41.6. The lowest BCUT2D eigenvalue weighted by Gasteiger charge is -2.32. The summed E-state index contributed by atoms with van der Waals surface area (Å²) in [5, 5.41) is 12.6. The van der Waals surface area contributed by atoms with Gasteiger partial charge in [-0.05, 0) is 128 Å². The molecule has 4 nitrogen and oxygen atoms in total. The van der Waals surface area contributed by atoms with E-state index < -0.39 is 0 Å². The number of furan rings is 4. The van der Waals surface area contributed by atoms with E-state index >= 15 is 0 Å². The zero-order valence-corrected chi connectivity index (χ0v) is 34.6. The number of rotatable bonds is 3. The molecule has 0 aliphatic heterocycles. The maximum absolute atomic E-state index is 7.19. The van der Waals surface area contributed by atoms with Crippen LogP contribution in [0, 0.1) is 5.92 Å². The van der Waals surface area contributed by atoms with Gasteiger partial charge in [-0.3, -0.25) is 0 Å². The van der Waals surface area contributed by atoms with E-state index in [4.69, 9.17) is 17.7 Å². The molecule has 8 aromatic carbocycles. The van der Waals surface area contributed by atoms with Gasteiger partial charge in [-0.25, -0.2) is 0 Å². The van der Waals surface area contributed by atoms with E-state index in [9.17, 15) is 0 Å². The van der Waals surface area contributed by atoms with Crippen molar-refractivity contribution in [2.24, 2.45) is 5.92 Å². The van der Waals surface area contributed by atoms with Gasteiger partial charge in [0.1, 0.15) is 33.7 Å². The second kappa shape index (κ2) is 12.7. The third-order valence-electron chi connectivity index (χ3n) is 14.3. The van der Waals surface area contributed by atoms with E-state index in [0.29, 0.717) is 0 Å². The standard InChI is InChI=1S/C60H36O4/c1-2-13-36-33(11-1)12-9-18-37(36)34-23-25-41-49(31-34)54(35-24-29-52-48(32-35)45-27-26-43-38-14-5-7-21-50(38)62-59(43)60(45)63-52)39-15-3-4-16-40(39)55(41)47-20-10-19-42-44-28-30-53-56(58(44)64-57(42)47)46-17-6-8-22-51(46)61-53/h1-9,11-14,16-18,20-32,39H,10,15,19H2. The first kappa shape index (κ1) is 34.5. The monoisotopic (exact) mass is 820 g/mol. The summed E-state index contributed by atoms with van der Waals surface area (Å²) in [6.07, 6.45) is 12.1. The first-order valence-corrected chi connectivity index (χ1v) is 22.3. The first-order valence-electron chi connectivity index (χ1n) is 22.3. The highest BCUT2D eigenvalue weighted by molar-refractivity contribution is 6.20. The average Bonchev–Trinajstić information content (AvgIpc) is 4.13. The van der Waals surface area contributed by atoms with Gasteiger partial charge in [0.2, 0.25) is 0 Å². The molecule has 4 heterocycles. The second-order valence-electron chi connectivity index (χ2n) is 17.6. The van der Waals surface area contributed by atoms with Crippen LogP contribution >= 0.6 is 0 Å². The minimum Gasteiger partial charge on any atom is -0.456 e. The summed E-state index contributed by atoms with van der Waals surface area (Å²) >= 11 is 0. The molecule has 4 heteroatoms. The van der Waals surface area contributed by atoms with Crippen molar-refractivity contribution >= 4 is 104 Å². The summed E-state index contributed by atoms with van der Waals surface area (Å²) in [4.78, 5) is 0. The number of benzene rings is 8. The molecule has 3 aliphatic rings. The number of allylic oxidation sites excluding steroid dienone is 6. The first-order chi connectivity index (χ1) is 31.7. The number of hydrogen-bond acceptors (Lipinski definition) is 4. The molecule has 0 spiro atoms. The largest absolute Gasteiger partial charge is 0.456 e. The third-order valence-corrected chi connectivity index (χ3v) is 14.3. The minimum atomic E-state index is 0.105. The van der Waals surface area contributed by atoms with Crippen LogP contribution in [-0.4, -0.2) is 0 Å². The van der Waals surface area contributed by atoms with Crippen LogP contribution in [-0.2, 0) is 6.42 Å². The van der Waals surface area contributed by atoms with Gasteiger partial charge in [-0.1, -0.05) is 121 Å². The van der Waals surface area contributed by atoms with Crippen molar-refractivity contribution < 1.29 is 17.7 Å². The van der Waals surface area contributed by atoms with E-state index in [1.165, 1.54) is 71.1 Å². The van der Waals surface area contributed by atoms with Gasteiger partial charge in [-0.15, -0.1) is 0 Å². The summed E-state index contributed by atoms with van der Waals surface area (Å²) in [6.45, 7) is 0. The van der Waals surface area contributed by atoms with Crippen molar-refractivity contribution in [1.29, 1.82) is 0 Å². The van der Waals surface area contributed by atoms with Crippen molar-refractivity contribution in [1.82, 2.24) is 0 Å². The van der Waals surface area contributed by atoms with Crippen LogP contribution in [0.25, 0.3) is 115 Å². The Balaban J connectivity index is 1.03. The number of fused-ring (bicyclic) bond motifs is 17. The van der Waals surface area contributed by atoms with Gasteiger partial charge in [0.05, 0.1) is 5.39 Å². The highest BCUT2D eigenvalue weighted by atomic mass is 16.4. The van der Waals surface area contributed by atoms with Crippen LogP contribution in [0.3, 0.4) is 0 Å². The molecule has 1 unspecified atom stereocenters. The fraction of sp³-hybridized carbons (Fsp3) is 0.0667. The lowest BCUT2D eigenvalue weighted by atomic mass is 9.71. The van der Waals surface area contributed by atoms with E-state index in [0.717, 1.165) is 96.4 Å². The summed E-state index contributed by atoms with van der Waals surface area (Å²) in [5.74, 6) is 1.08. The summed E-state index contributed by atoms with van der Waals surface area (Å²) in [5.41, 5.74) is 15.9. The van der Waals surface area contributed by atoms with Crippen molar-refractivity contribution in [3.05, 3.63) is 209 Å².